The van der Waals surface area contributed by atoms with Crippen LogP contribution in [-0.4, -0.2) is 27.6 Å². The van der Waals surface area contributed by atoms with E-state index in [9.17, 15) is 4.39 Å². The van der Waals surface area contributed by atoms with Crippen LogP contribution in [0.15, 0.2) is 132 Å². The maximum Gasteiger partial charge on any atom is 0.216 e. The number of hydrogen-bond donors (Lipinski definition) is 0. The molecule has 0 fully saturated rings. The Labute approximate surface area is 335 Å². The number of benzene rings is 5. The average molecular weight is 915 g/mol. The van der Waals surface area contributed by atoms with Crippen LogP contribution >= 0.6 is 0 Å². The minimum Gasteiger partial charge on any atom is -0.486 e. The SMILES string of the molecule is C[Si](C)(C)c1ccc(-c2[c-]cccc2)nc1.Cc1ccc2c(n1)oc1c(-c3nc4ccccc4n3-c3c(C)cc(-c4ccc(F)cc4)cc3C)[c-]ccc12.[Ir]. The molecule has 275 valence electrons. The fourth-order valence-corrected chi connectivity index (χ4v) is 8.00. The van der Waals surface area contributed by atoms with Crippen molar-refractivity contribution in [1.29, 1.82) is 0 Å². The summed E-state index contributed by atoms with van der Waals surface area (Å²) in [5.74, 6) is 0.517. The zero-order chi connectivity index (χ0) is 37.6. The molecule has 55 heavy (non-hydrogen) atoms. The number of aromatic nitrogens is 4. The van der Waals surface area contributed by atoms with E-state index < -0.39 is 8.07 Å². The number of pyridine rings is 2. The van der Waals surface area contributed by atoms with Crippen molar-refractivity contribution >= 4 is 46.4 Å². The second-order valence-electron chi connectivity index (χ2n) is 14.7. The van der Waals surface area contributed by atoms with Crippen LogP contribution in [0.4, 0.5) is 4.39 Å². The number of hydrogen-bond acceptors (Lipinski definition) is 4. The number of aryl methyl sites for hydroxylation is 3. The van der Waals surface area contributed by atoms with E-state index in [0.29, 0.717) is 5.71 Å². The van der Waals surface area contributed by atoms with Crippen LogP contribution in [0, 0.1) is 38.7 Å². The number of fused-ring (bicyclic) bond motifs is 4. The fraction of sp³-hybridized carbons (Fsp3) is 0.128. The molecule has 4 aromatic heterocycles. The number of nitrogens with zero attached hydrogens (tertiary/aromatic N) is 4. The van der Waals surface area contributed by atoms with Crippen LogP contribution in [0.2, 0.25) is 19.6 Å². The first-order valence-electron chi connectivity index (χ1n) is 18.0. The third-order valence-corrected chi connectivity index (χ3v) is 11.8. The molecule has 5 nitrogen and oxygen atoms in total. The van der Waals surface area contributed by atoms with Gasteiger partial charge in [0.15, 0.2) is 0 Å². The Morgan fingerprint density at radius 1 is 0.709 bits per heavy atom. The number of furan rings is 1. The molecule has 0 aliphatic carbocycles. The molecule has 0 spiro atoms. The Bertz CT molecular complexity index is 2760. The Morgan fingerprint density at radius 3 is 2.15 bits per heavy atom. The summed E-state index contributed by atoms with van der Waals surface area (Å²) in [5, 5.41) is 3.35. The summed E-state index contributed by atoms with van der Waals surface area (Å²) < 4.78 is 22.1. The van der Waals surface area contributed by atoms with Crippen molar-refractivity contribution in [2.45, 2.75) is 40.4 Å². The topological polar surface area (TPSA) is 56.7 Å². The summed E-state index contributed by atoms with van der Waals surface area (Å²) in [6.07, 6.45) is 2.02. The molecule has 0 atom stereocenters. The predicted octanol–water partition coefficient (Wildman–Crippen LogP) is 11.6. The average Bonchev–Trinajstić information content (AvgIpc) is 3.73. The molecular weight excluding hydrogens is 876 g/mol. The monoisotopic (exact) mass is 915 g/mol. The van der Waals surface area contributed by atoms with Gasteiger partial charge in [-0.1, -0.05) is 67.0 Å². The van der Waals surface area contributed by atoms with E-state index in [1.807, 2.05) is 85.9 Å². The first kappa shape index (κ1) is 37.8. The van der Waals surface area contributed by atoms with E-state index in [-0.39, 0.29) is 25.9 Å². The van der Waals surface area contributed by atoms with Crippen LogP contribution in [0.1, 0.15) is 16.8 Å². The van der Waals surface area contributed by atoms with E-state index in [0.717, 1.165) is 83.7 Å². The first-order valence-corrected chi connectivity index (χ1v) is 21.5. The number of imidazole rings is 1. The molecule has 0 saturated heterocycles. The van der Waals surface area contributed by atoms with E-state index in [4.69, 9.17) is 9.40 Å². The summed E-state index contributed by atoms with van der Waals surface area (Å²) >= 11 is 0. The van der Waals surface area contributed by atoms with Gasteiger partial charge in [-0.3, -0.25) is 4.98 Å². The molecule has 5 aromatic carbocycles. The quantitative estimate of drug-likeness (QED) is 0.127. The van der Waals surface area contributed by atoms with E-state index in [2.05, 4.69) is 96.6 Å². The molecule has 0 aliphatic rings. The Morgan fingerprint density at radius 2 is 1.45 bits per heavy atom. The number of halogens is 1. The van der Waals surface area contributed by atoms with E-state index >= 15 is 0 Å². The summed E-state index contributed by atoms with van der Waals surface area (Å²) in [6, 6.07) is 45.9. The minimum absolute atomic E-state index is 0. The van der Waals surface area contributed by atoms with Crippen LogP contribution in [0.3, 0.4) is 0 Å². The fourth-order valence-electron chi connectivity index (χ4n) is 6.97. The van der Waals surface area contributed by atoms with E-state index in [1.165, 1.54) is 17.3 Å². The second-order valence-corrected chi connectivity index (χ2v) is 19.8. The van der Waals surface area contributed by atoms with Crippen LogP contribution in [0.25, 0.3) is 72.6 Å². The van der Waals surface area contributed by atoms with Crippen molar-refractivity contribution in [3.8, 4) is 39.5 Å². The van der Waals surface area contributed by atoms with E-state index in [1.54, 1.807) is 0 Å². The second kappa shape index (κ2) is 15.3. The van der Waals surface area contributed by atoms with Crippen molar-refractivity contribution < 1.29 is 28.9 Å². The summed E-state index contributed by atoms with van der Waals surface area (Å²) in [5.41, 5.74) is 12.2. The third-order valence-electron chi connectivity index (χ3n) is 9.73. The van der Waals surface area contributed by atoms with Gasteiger partial charge in [-0.15, -0.1) is 54.1 Å². The van der Waals surface area contributed by atoms with Crippen molar-refractivity contribution in [3.63, 3.8) is 0 Å². The molecule has 0 bridgehead atoms. The minimum atomic E-state index is -1.23. The Kier molecular flexibility index (Phi) is 10.5. The van der Waals surface area contributed by atoms with Crippen LogP contribution < -0.4 is 5.19 Å². The maximum atomic E-state index is 13.5. The Balaban J connectivity index is 0.000000231. The predicted molar refractivity (Wildman–Crippen MR) is 222 cm³/mol. The smallest absolute Gasteiger partial charge is 0.216 e. The van der Waals surface area contributed by atoms with Crippen molar-refractivity contribution in [2.75, 3.05) is 0 Å². The molecule has 9 aromatic rings. The van der Waals surface area contributed by atoms with Gasteiger partial charge < -0.3 is 14.0 Å². The molecule has 1 radical (unpaired) electrons. The molecular formula is C47H39FIrN4OSi-2. The normalized spacial score (nSPS) is 11.4. The molecule has 0 N–H and O–H groups in total. The molecule has 0 saturated carbocycles. The molecule has 0 unspecified atom stereocenters. The summed E-state index contributed by atoms with van der Waals surface area (Å²) in [7, 11) is -1.23. The van der Waals surface area contributed by atoms with Gasteiger partial charge in [-0.25, -0.2) is 9.37 Å². The molecule has 4 heterocycles. The van der Waals surface area contributed by atoms with Gasteiger partial charge in [-0.05, 0) is 102 Å². The first-order chi connectivity index (χ1) is 26.0. The van der Waals surface area contributed by atoms with Gasteiger partial charge in [0.1, 0.15) is 5.82 Å². The van der Waals surface area contributed by atoms with Crippen molar-refractivity contribution in [3.05, 3.63) is 162 Å². The standard InChI is InChI=1S/C33H23FN3O.C14H16NSi.Ir/c1-19-17-23(22-12-14-24(34)15-13-22)18-20(2)30(19)37-29-10-5-4-9-28(29)36-32(37)27-8-6-7-25-26-16-11-21(3)35-33(26)38-31(25)27;1-16(2,3)13-9-10-14(15-11-13)12-7-5-4-6-8-12;/h4-7,9-18H,1-3H3;4-7,9-11H,1-3H3;/q2*-1;. The largest absolute Gasteiger partial charge is 0.486 e. The van der Waals surface area contributed by atoms with Gasteiger partial charge in [0.25, 0.3) is 0 Å². The molecule has 0 amide bonds. The number of rotatable bonds is 5. The zero-order valence-corrected chi connectivity index (χ0v) is 34.9. The zero-order valence-electron chi connectivity index (χ0n) is 31.5. The maximum absolute atomic E-state index is 13.5. The summed E-state index contributed by atoms with van der Waals surface area (Å²) in [6.45, 7) is 13.2. The van der Waals surface area contributed by atoms with Gasteiger partial charge in [-0.2, -0.15) is 0 Å². The van der Waals surface area contributed by atoms with Crippen molar-refractivity contribution in [1.82, 2.24) is 19.5 Å². The Hall–Kier alpha value is -5.53. The van der Waals surface area contributed by atoms with Crippen LogP contribution in [-0.2, 0) is 20.1 Å². The third kappa shape index (κ3) is 7.46. The molecule has 9 rings (SSSR count). The summed E-state index contributed by atoms with van der Waals surface area (Å²) in [4.78, 5) is 14.2. The number of para-hydroxylation sites is 2. The van der Waals surface area contributed by atoms with Gasteiger partial charge >= 0.3 is 0 Å². The van der Waals surface area contributed by atoms with Gasteiger partial charge in [0.05, 0.1) is 30.5 Å². The van der Waals surface area contributed by atoms with Gasteiger partial charge in [0, 0.05) is 43.1 Å². The molecule has 0 aliphatic heterocycles. The molecule has 8 heteroatoms. The van der Waals surface area contributed by atoms with Crippen LogP contribution in [0.5, 0.6) is 0 Å². The van der Waals surface area contributed by atoms with Gasteiger partial charge in [0.2, 0.25) is 5.71 Å². The van der Waals surface area contributed by atoms with Crippen molar-refractivity contribution in [2.24, 2.45) is 0 Å².